The molecular weight excluding hydrogens is 300 g/mol. The summed E-state index contributed by atoms with van der Waals surface area (Å²) in [5.74, 6) is -0.216. The normalized spacial score (nSPS) is 18.9. The van der Waals surface area contributed by atoms with Crippen LogP contribution in [0, 0.1) is 0 Å². The van der Waals surface area contributed by atoms with E-state index < -0.39 is 0 Å². The number of thiophene rings is 1. The average molecular weight is 322 g/mol. The fraction of sp³-hybridized carbons (Fsp3) is 0.625. The number of aryl methyl sites for hydroxylation is 2. The molecule has 3 rings (SSSR count). The molecule has 0 aromatic carbocycles. The molecule has 1 aliphatic heterocycles. The van der Waals surface area contributed by atoms with Gasteiger partial charge in [-0.15, -0.1) is 11.3 Å². The number of carbonyl (C=O) groups is 2. The lowest BCUT2D eigenvalue weighted by atomic mass is 9.99. The molecule has 120 valence electrons. The molecule has 0 radical (unpaired) electrons. The number of nitrogens with zero attached hydrogens (tertiary/aromatic N) is 1. The number of carbonyl (C=O) groups excluding carboxylic acids is 2. The van der Waals surface area contributed by atoms with E-state index in [1.165, 1.54) is 23.3 Å². The van der Waals surface area contributed by atoms with Gasteiger partial charge in [0.15, 0.2) is 0 Å². The highest BCUT2D eigenvalue weighted by molar-refractivity contribution is 7.14. The van der Waals surface area contributed by atoms with Crippen LogP contribution in [0.2, 0.25) is 0 Å². The van der Waals surface area contributed by atoms with Crippen LogP contribution in [-0.2, 0) is 17.6 Å². The van der Waals surface area contributed by atoms with Crippen molar-refractivity contribution in [1.29, 1.82) is 0 Å². The van der Waals surface area contributed by atoms with Crippen LogP contribution >= 0.6 is 11.3 Å². The molecule has 1 aromatic rings. The van der Waals surface area contributed by atoms with Gasteiger partial charge in [0.2, 0.25) is 5.91 Å². The lowest BCUT2D eigenvalue weighted by molar-refractivity contribution is -0.132. The van der Waals surface area contributed by atoms with E-state index >= 15 is 0 Å². The molecule has 1 fully saturated rings. The monoisotopic (exact) mass is 322 g/mol. The van der Waals surface area contributed by atoms with Gasteiger partial charge in [-0.05, 0) is 50.2 Å². The predicted octanol–water partition coefficient (Wildman–Crippen LogP) is 1.34. The van der Waals surface area contributed by atoms with E-state index in [1.54, 1.807) is 16.2 Å². The van der Waals surface area contributed by atoms with Crippen LogP contribution in [0.3, 0.4) is 0 Å². The van der Waals surface area contributed by atoms with Crippen LogP contribution in [0.5, 0.6) is 0 Å². The summed E-state index contributed by atoms with van der Waals surface area (Å²) >= 11 is 1.56. The van der Waals surface area contributed by atoms with Gasteiger partial charge in [0.05, 0.1) is 17.5 Å². The summed E-state index contributed by atoms with van der Waals surface area (Å²) < 4.78 is 0. The second-order valence-electron chi connectivity index (χ2n) is 6.06. The first-order chi connectivity index (χ1) is 10.6. The van der Waals surface area contributed by atoms with Crippen LogP contribution in [0.4, 0.5) is 0 Å². The average Bonchev–Trinajstić information content (AvgIpc) is 2.97. The number of likely N-dealkylation sites (tertiary alicyclic amines) is 1. The predicted molar refractivity (Wildman–Crippen MR) is 85.1 cm³/mol. The molecule has 1 aromatic heterocycles. The van der Waals surface area contributed by atoms with Crippen LogP contribution < -0.4 is 5.32 Å². The lowest BCUT2D eigenvalue weighted by Gasteiger charge is -2.29. The summed E-state index contributed by atoms with van der Waals surface area (Å²) in [5, 5.41) is 12.2. The Morgan fingerprint density at radius 1 is 1.27 bits per heavy atom. The number of rotatable bonds is 3. The largest absolute Gasteiger partial charge is 0.393 e. The number of amides is 2. The highest BCUT2D eigenvalue weighted by Crippen LogP contribution is 2.29. The van der Waals surface area contributed by atoms with Crippen molar-refractivity contribution in [3.63, 3.8) is 0 Å². The number of hydrogen-bond donors (Lipinski definition) is 2. The van der Waals surface area contributed by atoms with Gasteiger partial charge >= 0.3 is 0 Å². The Morgan fingerprint density at radius 3 is 2.73 bits per heavy atom. The second kappa shape index (κ2) is 6.79. The van der Waals surface area contributed by atoms with E-state index in [0.717, 1.165) is 12.8 Å². The standard InChI is InChI=1S/C16H22N2O3S/c19-12-5-7-18(8-6-12)15(20)10-17-16(21)14-9-11-3-1-2-4-13(11)22-14/h9,12,19H,1-8,10H2,(H,17,21). The van der Waals surface area contributed by atoms with Gasteiger partial charge in [0, 0.05) is 18.0 Å². The Labute approximate surface area is 134 Å². The molecule has 0 spiro atoms. The molecule has 22 heavy (non-hydrogen) atoms. The molecule has 0 atom stereocenters. The third kappa shape index (κ3) is 3.50. The molecular formula is C16H22N2O3S. The maximum absolute atomic E-state index is 12.2. The Hall–Kier alpha value is -1.40. The van der Waals surface area contributed by atoms with Gasteiger partial charge in [0.1, 0.15) is 0 Å². The second-order valence-corrected chi connectivity index (χ2v) is 7.20. The molecule has 6 heteroatoms. The first-order valence-corrected chi connectivity index (χ1v) is 8.81. The Bertz CT molecular complexity index is 538. The van der Waals surface area contributed by atoms with E-state index in [1.807, 2.05) is 6.07 Å². The number of nitrogens with one attached hydrogen (secondary N) is 1. The minimum absolute atomic E-state index is 0.0392. The van der Waals surface area contributed by atoms with Crippen molar-refractivity contribution in [3.05, 3.63) is 21.4 Å². The molecule has 0 saturated carbocycles. The van der Waals surface area contributed by atoms with Crippen LogP contribution in [0.25, 0.3) is 0 Å². The summed E-state index contributed by atoms with van der Waals surface area (Å²) in [7, 11) is 0. The van der Waals surface area contributed by atoms with Crippen molar-refractivity contribution in [3.8, 4) is 0 Å². The molecule has 0 bridgehead atoms. The number of fused-ring (bicyclic) bond motifs is 1. The van der Waals surface area contributed by atoms with Crippen molar-refractivity contribution >= 4 is 23.2 Å². The molecule has 2 aliphatic rings. The van der Waals surface area contributed by atoms with Crippen molar-refractivity contribution in [2.45, 2.75) is 44.6 Å². The van der Waals surface area contributed by atoms with Crippen molar-refractivity contribution in [1.82, 2.24) is 10.2 Å². The van der Waals surface area contributed by atoms with E-state index in [9.17, 15) is 14.7 Å². The van der Waals surface area contributed by atoms with E-state index in [-0.39, 0.29) is 24.5 Å². The Balaban J connectivity index is 1.51. The zero-order chi connectivity index (χ0) is 15.5. The summed E-state index contributed by atoms with van der Waals surface area (Å²) in [6.45, 7) is 1.18. The topological polar surface area (TPSA) is 69.6 Å². The van der Waals surface area contributed by atoms with Gasteiger partial charge in [-0.3, -0.25) is 9.59 Å². The van der Waals surface area contributed by atoms with Crippen molar-refractivity contribution < 1.29 is 14.7 Å². The summed E-state index contributed by atoms with van der Waals surface area (Å²) in [5.41, 5.74) is 1.30. The molecule has 2 heterocycles. The third-order valence-corrected chi connectivity index (χ3v) is 5.67. The van der Waals surface area contributed by atoms with Crippen LogP contribution in [0.15, 0.2) is 6.07 Å². The number of hydrogen-bond acceptors (Lipinski definition) is 4. The fourth-order valence-corrected chi connectivity index (χ4v) is 4.24. The summed E-state index contributed by atoms with van der Waals surface area (Å²) in [4.78, 5) is 28.0. The number of aliphatic hydroxyl groups excluding tert-OH is 1. The third-order valence-electron chi connectivity index (χ3n) is 4.44. The smallest absolute Gasteiger partial charge is 0.261 e. The highest BCUT2D eigenvalue weighted by atomic mass is 32.1. The fourth-order valence-electron chi connectivity index (χ4n) is 3.07. The number of piperidine rings is 1. The van der Waals surface area contributed by atoms with Crippen molar-refractivity contribution in [2.24, 2.45) is 0 Å². The quantitative estimate of drug-likeness (QED) is 0.882. The van der Waals surface area contributed by atoms with Gasteiger partial charge in [0.25, 0.3) is 5.91 Å². The van der Waals surface area contributed by atoms with E-state index in [0.29, 0.717) is 30.8 Å². The molecule has 5 nitrogen and oxygen atoms in total. The molecule has 2 N–H and O–H groups in total. The molecule has 2 amide bonds. The zero-order valence-electron chi connectivity index (χ0n) is 12.6. The molecule has 0 unspecified atom stereocenters. The van der Waals surface area contributed by atoms with Gasteiger partial charge < -0.3 is 15.3 Å². The SMILES string of the molecule is O=C(NCC(=O)N1CCC(O)CC1)c1cc2c(s1)CCCC2. The summed E-state index contributed by atoms with van der Waals surface area (Å²) in [6, 6.07) is 1.98. The van der Waals surface area contributed by atoms with Gasteiger partial charge in [-0.25, -0.2) is 0 Å². The maximum Gasteiger partial charge on any atom is 0.261 e. The van der Waals surface area contributed by atoms with E-state index in [2.05, 4.69) is 5.32 Å². The zero-order valence-corrected chi connectivity index (χ0v) is 13.5. The van der Waals surface area contributed by atoms with Gasteiger partial charge in [-0.2, -0.15) is 0 Å². The van der Waals surface area contributed by atoms with Crippen LogP contribution in [-0.4, -0.2) is 47.6 Å². The summed E-state index contributed by atoms with van der Waals surface area (Å²) in [6.07, 6.45) is 5.49. The Kier molecular flexibility index (Phi) is 4.78. The lowest BCUT2D eigenvalue weighted by Crippen LogP contribution is -2.44. The molecule has 1 saturated heterocycles. The minimum Gasteiger partial charge on any atom is -0.393 e. The van der Waals surface area contributed by atoms with Gasteiger partial charge in [-0.1, -0.05) is 0 Å². The highest BCUT2D eigenvalue weighted by Gasteiger charge is 2.22. The number of aliphatic hydroxyl groups is 1. The first-order valence-electron chi connectivity index (χ1n) is 7.99. The first kappa shape index (κ1) is 15.5. The van der Waals surface area contributed by atoms with Crippen molar-refractivity contribution in [2.75, 3.05) is 19.6 Å². The molecule has 1 aliphatic carbocycles. The van der Waals surface area contributed by atoms with Crippen LogP contribution in [0.1, 0.15) is 45.8 Å². The maximum atomic E-state index is 12.2. The minimum atomic E-state index is -0.295. The van der Waals surface area contributed by atoms with E-state index in [4.69, 9.17) is 0 Å². The Morgan fingerprint density at radius 2 is 2.00 bits per heavy atom.